The number of thiophene rings is 1. The van der Waals surface area contributed by atoms with E-state index in [0.717, 1.165) is 20.2 Å². The van der Waals surface area contributed by atoms with Gasteiger partial charge in [0.05, 0.1) is 16.2 Å². The molecular formula is C17H15N5O3S2. The second kappa shape index (κ2) is 7.43. The van der Waals surface area contributed by atoms with Gasteiger partial charge < -0.3 is 20.2 Å². The molecule has 0 bridgehead atoms. The quantitative estimate of drug-likeness (QED) is 0.454. The number of nitrogens with one attached hydrogen (secondary N) is 2. The van der Waals surface area contributed by atoms with Crippen molar-refractivity contribution in [1.29, 1.82) is 0 Å². The Labute approximate surface area is 161 Å². The third kappa shape index (κ3) is 3.82. The fourth-order valence-corrected chi connectivity index (χ4v) is 4.42. The Bertz CT molecular complexity index is 1050. The van der Waals surface area contributed by atoms with Gasteiger partial charge in [-0.15, -0.1) is 21.5 Å². The minimum absolute atomic E-state index is 0.0474. The van der Waals surface area contributed by atoms with Crippen molar-refractivity contribution >= 4 is 48.9 Å². The molecule has 0 fully saturated rings. The number of aromatic nitrogens is 3. The average molecular weight is 401 g/mol. The van der Waals surface area contributed by atoms with Gasteiger partial charge in [0.15, 0.2) is 5.13 Å². The molecule has 0 aliphatic carbocycles. The number of aliphatic hydroxyl groups is 1. The molecule has 0 unspecified atom stereocenters. The van der Waals surface area contributed by atoms with Gasteiger partial charge in [0, 0.05) is 24.7 Å². The number of fused-ring (bicyclic) bond motifs is 1. The van der Waals surface area contributed by atoms with E-state index in [1.807, 2.05) is 18.2 Å². The van der Waals surface area contributed by atoms with Gasteiger partial charge in [0.2, 0.25) is 11.8 Å². The van der Waals surface area contributed by atoms with Crippen molar-refractivity contribution in [2.75, 3.05) is 23.8 Å². The molecule has 0 aliphatic rings. The Hall–Kier alpha value is -2.82. The molecule has 4 rings (SSSR count). The highest BCUT2D eigenvalue weighted by molar-refractivity contribution is 7.29. The van der Waals surface area contributed by atoms with Crippen LogP contribution in [0.15, 0.2) is 34.7 Å². The Morgan fingerprint density at radius 3 is 2.70 bits per heavy atom. The molecule has 0 saturated carbocycles. The maximum absolute atomic E-state index is 12.5. The summed E-state index contributed by atoms with van der Waals surface area (Å²) in [6, 6.07) is 9.04. The molecule has 3 heterocycles. The first-order chi connectivity index (χ1) is 13.1. The molecule has 1 aromatic carbocycles. The van der Waals surface area contributed by atoms with Gasteiger partial charge in [-0.25, -0.2) is 4.98 Å². The number of benzene rings is 1. The number of carbonyl (C=O) groups excluding carboxylic acids is 1. The van der Waals surface area contributed by atoms with Crippen molar-refractivity contribution < 1.29 is 14.3 Å². The smallest absolute Gasteiger partial charge is 0.265 e. The molecule has 1 amide bonds. The van der Waals surface area contributed by atoms with Crippen LogP contribution in [-0.2, 0) is 0 Å². The SMILES string of the molecule is Cc1nnc(-c2ccc(NC(=O)c3cc4sc(NCCO)nc4s3)cc2)o1. The zero-order valence-corrected chi connectivity index (χ0v) is 15.9. The molecule has 0 atom stereocenters. The van der Waals surface area contributed by atoms with Crippen molar-refractivity contribution in [2.24, 2.45) is 0 Å². The predicted octanol–water partition coefficient (Wildman–Crippen LogP) is 3.37. The maximum Gasteiger partial charge on any atom is 0.265 e. The van der Waals surface area contributed by atoms with Gasteiger partial charge >= 0.3 is 0 Å². The van der Waals surface area contributed by atoms with Gasteiger partial charge in [0.25, 0.3) is 5.91 Å². The first-order valence-corrected chi connectivity index (χ1v) is 9.72. The second-order valence-electron chi connectivity index (χ2n) is 5.61. The number of hydrogen-bond acceptors (Lipinski definition) is 9. The van der Waals surface area contributed by atoms with E-state index in [9.17, 15) is 4.79 Å². The Balaban J connectivity index is 1.45. The number of amides is 1. The molecule has 0 aliphatic heterocycles. The zero-order chi connectivity index (χ0) is 18.8. The number of rotatable bonds is 6. The monoisotopic (exact) mass is 401 g/mol. The lowest BCUT2D eigenvalue weighted by molar-refractivity contribution is 0.103. The van der Waals surface area contributed by atoms with Crippen LogP contribution in [0.4, 0.5) is 10.8 Å². The summed E-state index contributed by atoms with van der Waals surface area (Å²) in [5.74, 6) is 0.764. The summed E-state index contributed by atoms with van der Waals surface area (Å²) in [6.07, 6.45) is 0. The van der Waals surface area contributed by atoms with E-state index in [2.05, 4.69) is 25.8 Å². The highest BCUT2D eigenvalue weighted by Crippen LogP contribution is 2.33. The van der Waals surface area contributed by atoms with E-state index >= 15 is 0 Å². The first kappa shape index (κ1) is 17.6. The topological polar surface area (TPSA) is 113 Å². The number of aryl methyl sites for hydroxylation is 1. The molecule has 27 heavy (non-hydrogen) atoms. The maximum atomic E-state index is 12.5. The van der Waals surface area contributed by atoms with Crippen LogP contribution in [0.1, 0.15) is 15.6 Å². The molecule has 3 N–H and O–H groups in total. The van der Waals surface area contributed by atoms with E-state index in [0.29, 0.717) is 28.9 Å². The van der Waals surface area contributed by atoms with Crippen LogP contribution in [0.5, 0.6) is 0 Å². The van der Waals surface area contributed by atoms with E-state index in [1.54, 1.807) is 19.1 Å². The number of hydrogen-bond donors (Lipinski definition) is 3. The van der Waals surface area contributed by atoms with Gasteiger partial charge in [-0.2, -0.15) is 0 Å². The lowest BCUT2D eigenvalue weighted by Crippen LogP contribution is -2.09. The number of anilines is 2. The molecule has 0 saturated heterocycles. The van der Waals surface area contributed by atoms with E-state index in [1.165, 1.54) is 22.7 Å². The summed E-state index contributed by atoms with van der Waals surface area (Å²) in [4.78, 5) is 18.3. The van der Waals surface area contributed by atoms with Crippen LogP contribution >= 0.6 is 22.7 Å². The average Bonchev–Trinajstić information content (AvgIpc) is 3.35. The van der Waals surface area contributed by atoms with Crippen LogP contribution in [0.3, 0.4) is 0 Å². The van der Waals surface area contributed by atoms with Gasteiger partial charge in [-0.3, -0.25) is 4.79 Å². The Kier molecular flexibility index (Phi) is 4.84. The van der Waals surface area contributed by atoms with Crippen molar-refractivity contribution in [1.82, 2.24) is 15.2 Å². The second-order valence-corrected chi connectivity index (χ2v) is 7.67. The van der Waals surface area contributed by atoms with E-state index in [-0.39, 0.29) is 12.5 Å². The molecule has 0 radical (unpaired) electrons. The molecular weight excluding hydrogens is 386 g/mol. The largest absolute Gasteiger partial charge is 0.421 e. The summed E-state index contributed by atoms with van der Waals surface area (Å²) in [5, 5.41) is 23.3. The third-order valence-electron chi connectivity index (χ3n) is 3.62. The fraction of sp³-hybridized carbons (Fsp3) is 0.176. The van der Waals surface area contributed by atoms with Crippen LogP contribution in [-0.4, -0.2) is 39.3 Å². The van der Waals surface area contributed by atoms with Crippen molar-refractivity contribution in [2.45, 2.75) is 6.92 Å². The molecule has 3 aromatic heterocycles. The van der Waals surface area contributed by atoms with Crippen molar-refractivity contribution in [3.63, 3.8) is 0 Å². The summed E-state index contributed by atoms with van der Waals surface area (Å²) in [7, 11) is 0. The van der Waals surface area contributed by atoms with Crippen LogP contribution < -0.4 is 10.6 Å². The van der Waals surface area contributed by atoms with Crippen LogP contribution in [0, 0.1) is 6.92 Å². The van der Waals surface area contributed by atoms with Gasteiger partial charge in [0.1, 0.15) is 4.83 Å². The Morgan fingerprint density at radius 1 is 1.22 bits per heavy atom. The van der Waals surface area contributed by atoms with E-state index in [4.69, 9.17) is 9.52 Å². The third-order valence-corrected chi connectivity index (χ3v) is 5.73. The van der Waals surface area contributed by atoms with Gasteiger partial charge in [-0.1, -0.05) is 11.3 Å². The number of thiazole rings is 1. The summed E-state index contributed by atoms with van der Waals surface area (Å²) in [6.45, 7) is 2.23. The molecule has 4 aromatic rings. The van der Waals surface area contributed by atoms with Crippen LogP contribution in [0.2, 0.25) is 0 Å². The standard InChI is InChI=1S/C17H15N5O3S2/c1-9-21-22-15(25-9)10-2-4-11(5-3-10)19-14(24)12-8-13-16(26-12)20-17(27-13)18-6-7-23/h2-5,8,23H,6-7H2,1H3,(H,18,20)(H,19,24). The number of aliphatic hydroxyl groups excluding tert-OH is 1. The minimum atomic E-state index is -0.184. The normalized spacial score (nSPS) is 11.0. The van der Waals surface area contributed by atoms with Gasteiger partial charge in [-0.05, 0) is 30.3 Å². The molecule has 0 spiro atoms. The van der Waals surface area contributed by atoms with Crippen molar-refractivity contribution in [3.05, 3.63) is 41.1 Å². The highest BCUT2D eigenvalue weighted by Gasteiger charge is 2.14. The number of nitrogens with zero attached hydrogens (tertiary/aromatic N) is 3. The Morgan fingerprint density at radius 2 is 2.04 bits per heavy atom. The first-order valence-electron chi connectivity index (χ1n) is 8.09. The lowest BCUT2D eigenvalue weighted by Gasteiger charge is -2.04. The van der Waals surface area contributed by atoms with Crippen LogP contribution in [0.25, 0.3) is 21.0 Å². The minimum Gasteiger partial charge on any atom is -0.421 e. The molecule has 10 heteroatoms. The molecule has 8 nitrogen and oxygen atoms in total. The predicted molar refractivity (Wildman–Crippen MR) is 105 cm³/mol. The van der Waals surface area contributed by atoms with E-state index < -0.39 is 0 Å². The summed E-state index contributed by atoms with van der Waals surface area (Å²) < 4.78 is 6.32. The summed E-state index contributed by atoms with van der Waals surface area (Å²) in [5.41, 5.74) is 1.47. The van der Waals surface area contributed by atoms with Crippen molar-refractivity contribution in [3.8, 4) is 11.5 Å². The highest BCUT2D eigenvalue weighted by atomic mass is 32.1. The zero-order valence-electron chi connectivity index (χ0n) is 14.2. The number of carbonyl (C=O) groups is 1. The summed E-state index contributed by atoms with van der Waals surface area (Å²) >= 11 is 2.79. The molecule has 138 valence electrons. The fourth-order valence-electron chi connectivity index (χ4n) is 2.39. The lowest BCUT2D eigenvalue weighted by atomic mass is 10.2.